The molecular formula is C16H14N4O4S. The van der Waals surface area contributed by atoms with Crippen LogP contribution in [-0.2, 0) is 16.6 Å². The Balaban J connectivity index is 1.72. The van der Waals surface area contributed by atoms with Crippen molar-refractivity contribution in [2.24, 2.45) is 0 Å². The molecule has 0 aliphatic rings. The minimum absolute atomic E-state index is 0.0738. The van der Waals surface area contributed by atoms with Crippen molar-refractivity contribution in [1.29, 1.82) is 0 Å². The fourth-order valence-electron chi connectivity index (χ4n) is 2.21. The molecule has 9 heteroatoms. The number of rotatable bonds is 6. The molecule has 3 aromatic rings. The van der Waals surface area contributed by atoms with Gasteiger partial charge in [0.25, 0.3) is 5.69 Å². The number of benzene rings is 2. The normalized spacial score (nSPS) is 11.4. The number of nitrogens with one attached hydrogen (secondary N) is 1. The molecule has 0 aliphatic heterocycles. The molecule has 1 aromatic heterocycles. The molecule has 0 amide bonds. The van der Waals surface area contributed by atoms with Crippen LogP contribution in [0.1, 0.15) is 5.56 Å². The number of aromatic nitrogens is 2. The number of nitrogens with zero attached hydrogens (tertiary/aromatic N) is 3. The summed E-state index contributed by atoms with van der Waals surface area (Å²) >= 11 is 0. The van der Waals surface area contributed by atoms with E-state index in [2.05, 4.69) is 9.82 Å². The Kier molecular flexibility index (Phi) is 4.59. The van der Waals surface area contributed by atoms with Crippen molar-refractivity contribution in [3.63, 3.8) is 0 Å². The molecule has 0 bridgehead atoms. The average Bonchev–Trinajstić information content (AvgIpc) is 3.15. The third kappa shape index (κ3) is 3.90. The summed E-state index contributed by atoms with van der Waals surface area (Å²) in [7, 11) is -3.84. The van der Waals surface area contributed by atoms with Crippen molar-refractivity contribution in [2.45, 2.75) is 11.4 Å². The van der Waals surface area contributed by atoms with Crippen molar-refractivity contribution < 1.29 is 13.3 Å². The Bertz CT molecular complexity index is 983. The van der Waals surface area contributed by atoms with E-state index in [0.717, 1.165) is 17.3 Å². The van der Waals surface area contributed by atoms with Gasteiger partial charge < -0.3 is 0 Å². The van der Waals surface area contributed by atoms with Gasteiger partial charge in [-0.2, -0.15) is 5.10 Å². The number of nitro benzene ring substituents is 1. The molecule has 0 aliphatic carbocycles. The fraction of sp³-hybridized carbons (Fsp3) is 0.0625. The van der Waals surface area contributed by atoms with E-state index in [9.17, 15) is 18.5 Å². The summed E-state index contributed by atoms with van der Waals surface area (Å²) < 4.78 is 28.7. The zero-order valence-electron chi connectivity index (χ0n) is 12.9. The first-order chi connectivity index (χ1) is 12.0. The van der Waals surface area contributed by atoms with Gasteiger partial charge in [-0.15, -0.1) is 0 Å². The SMILES string of the molecule is O=[N+]([O-])c1cccc(S(=O)(=O)NCc2ccc(-n3cccn3)cc2)c1. The van der Waals surface area contributed by atoms with Crippen LogP contribution in [0.15, 0.2) is 71.9 Å². The molecular weight excluding hydrogens is 344 g/mol. The van der Waals surface area contributed by atoms with E-state index < -0.39 is 14.9 Å². The van der Waals surface area contributed by atoms with Gasteiger partial charge >= 0.3 is 0 Å². The van der Waals surface area contributed by atoms with Crippen molar-refractivity contribution in [3.05, 3.63) is 82.7 Å². The lowest BCUT2D eigenvalue weighted by Crippen LogP contribution is -2.23. The zero-order valence-corrected chi connectivity index (χ0v) is 13.8. The van der Waals surface area contributed by atoms with Crippen molar-refractivity contribution >= 4 is 15.7 Å². The first kappa shape index (κ1) is 16.8. The second-order valence-corrected chi connectivity index (χ2v) is 6.96. The summed E-state index contributed by atoms with van der Waals surface area (Å²) in [5.74, 6) is 0. The van der Waals surface area contributed by atoms with E-state index >= 15 is 0 Å². The molecule has 0 radical (unpaired) electrons. The van der Waals surface area contributed by atoms with Crippen LogP contribution in [-0.4, -0.2) is 23.1 Å². The first-order valence-electron chi connectivity index (χ1n) is 7.29. The van der Waals surface area contributed by atoms with E-state index in [-0.39, 0.29) is 17.1 Å². The molecule has 0 saturated heterocycles. The lowest BCUT2D eigenvalue weighted by atomic mass is 10.2. The van der Waals surface area contributed by atoms with Crippen LogP contribution in [0.4, 0.5) is 5.69 Å². The Labute approximate surface area is 143 Å². The largest absolute Gasteiger partial charge is 0.270 e. The molecule has 128 valence electrons. The summed E-state index contributed by atoms with van der Waals surface area (Å²) in [6.07, 6.45) is 3.47. The number of nitro groups is 1. The van der Waals surface area contributed by atoms with E-state index in [1.165, 1.54) is 18.2 Å². The van der Waals surface area contributed by atoms with Gasteiger partial charge in [0, 0.05) is 31.1 Å². The van der Waals surface area contributed by atoms with Gasteiger partial charge in [-0.3, -0.25) is 10.1 Å². The average molecular weight is 358 g/mol. The van der Waals surface area contributed by atoms with Gasteiger partial charge in [0.15, 0.2) is 0 Å². The monoisotopic (exact) mass is 358 g/mol. The van der Waals surface area contributed by atoms with E-state index in [4.69, 9.17) is 0 Å². The highest BCUT2D eigenvalue weighted by Crippen LogP contribution is 2.17. The molecule has 0 spiro atoms. The lowest BCUT2D eigenvalue weighted by molar-refractivity contribution is -0.385. The standard InChI is InChI=1S/C16H14N4O4S/c21-20(22)15-3-1-4-16(11-15)25(23,24)18-12-13-5-7-14(8-6-13)19-10-2-9-17-19/h1-11,18H,12H2. The highest BCUT2D eigenvalue weighted by atomic mass is 32.2. The Hall–Kier alpha value is -3.04. The Morgan fingerprint density at radius 2 is 1.88 bits per heavy atom. The third-order valence-electron chi connectivity index (χ3n) is 3.51. The van der Waals surface area contributed by atoms with Crippen molar-refractivity contribution in [2.75, 3.05) is 0 Å². The highest BCUT2D eigenvalue weighted by molar-refractivity contribution is 7.89. The summed E-state index contributed by atoms with van der Waals surface area (Å²) in [4.78, 5) is 10.00. The minimum atomic E-state index is -3.84. The topological polar surface area (TPSA) is 107 Å². The maximum atomic E-state index is 12.3. The van der Waals surface area contributed by atoms with Gasteiger partial charge in [-0.1, -0.05) is 18.2 Å². The van der Waals surface area contributed by atoms with Gasteiger partial charge in [-0.25, -0.2) is 17.8 Å². The number of hydrogen-bond acceptors (Lipinski definition) is 5. The maximum absolute atomic E-state index is 12.3. The fourth-order valence-corrected chi connectivity index (χ4v) is 3.27. The van der Waals surface area contributed by atoms with Crippen LogP contribution in [0, 0.1) is 10.1 Å². The number of sulfonamides is 1. The molecule has 0 saturated carbocycles. The van der Waals surface area contributed by atoms with Crippen LogP contribution in [0.2, 0.25) is 0 Å². The second kappa shape index (κ2) is 6.83. The quantitative estimate of drug-likeness (QED) is 0.537. The predicted molar refractivity (Wildman–Crippen MR) is 90.7 cm³/mol. The predicted octanol–water partition coefficient (Wildman–Crippen LogP) is 2.26. The number of non-ortho nitro benzene ring substituents is 1. The minimum Gasteiger partial charge on any atom is -0.258 e. The molecule has 25 heavy (non-hydrogen) atoms. The van der Waals surface area contributed by atoms with Gasteiger partial charge in [0.05, 0.1) is 15.5 Å². The Morgan fingerprint density at radius 1 is 1.12 bits per heavy atom. The summed E-state index contributed by atoms with van der Waals surface area (Å²) in [6, 6.07) is 14.0. The summed E-state index contributed by atoms with van der Waals surface area (Å²) in [5.41, 5.74) is 1.34. The van der Waals surface area contributed by atoms with E-state index in [1.54, 1.807) is 35.3 Å². The van der Waals surface area contributed by atoms with Gasteiger partial charge in [0.1, 0.15) is 0 Å². The lowest BCUT2D eigenvalue weighted by Gasteiger charge is -2.08. The first-order valence-corrected chi connectivity index (χ1v) is 8.77. The number of hydrogen-bond donors (Lipinski definition) is 1. The zero-order chi connectivity index (χ0) is 17.9. The smallest absolute Gasteiger partial charge is 0.258 e. The molecule has 0 fully saturated rings. The van der Waals surface area contributed by atoms with Gasteiger partial charge in [-0.05, 0) is 29.8 Å². The molecule has 8 nitrogen and oxygen atoms in total. The second-order valence-electron chi connectivity index (χ2n) is 5.20. The van der Waals surface area contributed by atoms with Crippen LogP contribution in [0.3, 0.4) is 0 Å². The van der Waals surface area contributed by atoms with Crippen molar-refractivity contribution in [1.82, 2.24) is 14.5 Å². The molecule has 2 aromatic carbocycles. The van der Waals surface area contributed by atoms with Crippen LogP contribution < -0.4 is 4.72 Å². The molecule has 1 heterocycles. The summed E-state index contributed by atoms with van der Waals surface area (Å²) in [6.45, 7) is 0.0738. The highest BCUT2D eigenvalue weighted by Gasteiger charge is 2.17. The van der Waals surface area contributed by atoms with E-state index in [1.807, 2.05) is 12.1 Å². The third-order valence-corrected chi connectivity index (χ3v) is 4.91. The molecule has 0 atom stereocenters. The molecule has 0 unspecified atom stereocenters. The van der Waals surface area contributed by atoms with Gasteiger partial charge in [0.2, 0.25) is 10.0 Å². The van der Waals surface area contributed by atoms with Crippen molar-refractivity contribution in [3.8, 4) is 5.69 Å². The molecule has 3 rings (SSSR count). The Morgan fingerprint density at radius 3 is 2.52 bits per heavy atom. The van der Waals surface area contributed by atoms with Crippen LogP contribution in [0.25, 0.3) is 5.69 Å². The van der Waals surface area contributed by atoms with E-state index in [0.29, 0.717) is 0 Å². The van der Waals surface area contributed by atoms with Crippen LogP contribution in [0.5, 0.6) is 0 Å². The maximum Gasteiger partial charge on any atom is 0.270 e. The summed E-state index contributed by atoms with van der Waals surface area (Å²) in [5, 5.41) is 14.9. The molecule has 1 N–H and O–H groups in total. The van der Waals surface area contributed by atoms with Crippen LogP contribution >= 0.6 is 0 Å².